The van der Waals surface area contributed by atoms with Crippen molar-refractivity contribution in [3.8, 4) is 5.69 Å². The Bertz CT molecular complexity index is 931. The molecular weight excluding hydrogens is 329 g/mol. The van der Waals surface area contributed by atoms with Gasteiger partial charge < -0.3 is 5.11 Å². The second-order valence-electron chi connectivity index (χ2n) is 5.56. The zero-order valence-corrected chi connectivity index (χ0v) is 12.1. The fourth-order valence-electron chi connectivity index (χ4n) is 2.40. The number of aromatic nitrogens is 2. The molecule has 0 bridgehead atoms. The molecule has 1 heterocycles. The quantitative estimate of drug-likeness (QED) is 0.914. The summed E-state index contributed by atoms with van der Waals surface area (Å²) in [6.45, 7) is -0.409. The summed E-state index contributed by atoms with van der Waals surface area (Å²) in [5, 5.41) is 9.11. The first-order valence-electron chi connectivity index (χ1n) is 6.94. The fourth-order valence-corrected chi connectivity index (χ4v) is 2.40. The molecule has 0 saturated heterocycles. The van der Waals surface area contributed by atoms with Crippen LogP contribution in [0.1, 0.15) is 16.8 Å². The van der Waals surface area contributed by atoms with Gasteiger partial charge in [-0.2, -0.15) is 0 Å². The first kappa shape index (κ1) is 16.0. The molecule has 1 saturated carbocycles. The third-order valence-electron chi connectivity index (χ3n) is 3.84. The number of alkyl halides is 2. The molecule has 6 nitrogen and oxygen atoms in total. The topological polar surface area (TPSA) is 81.3 Å². The van der Waals surface area contributed by atoms with Gasteiger partial charge in [0.15, 0.2) is 0 Å². The fraction of sp³-hybridized carbons (Fsp3) is 0.267. The Balaban J connectivity index is 2.18. The van der Waals surface area contributed by atoms with E-state index in [1.165, 1.54) is 0 Å². The lowest BCUT2D eigenvalue weighted by molar-refractivity contribution is 0.0693. The van der Waals surface area contributed by atoms with E-state index < -0.39 is 53.4 Å². The van der Waals surface area contributed by atoms with Crippen molar-refractivity contribution in [2.75, 3.05) is 0 Å². The molecule has 0 spiro atoms. The second-order valence-corrected chi connectivity index (χ2v) is 5.56. The van der Waals surface area contributed by atoms with E-state index in [1.54, 1.807) is 0 Å². The summed E-state index contributed by atoms with van der Waals surface area (Å²) in [7, 11) is 0. The number of rotatable bonds is 4. The van der Waals surface area contributed by atoms with Crippen LogP contribution in [0, 0.1) is 11.7 Å². The van der Waals surface area contributed by atoms with Gasteiger partial charge in [0.25, 0.3) is 11.5 Å². The van der Waals surface area contributed by atoms with Crippen molar-refractivity contribution in [2.24, 2.45) is 5.92 Å². The van der Waals surface area contributed by atoms with E-state index in [0.29, 0.717) is 4.57 Å². The summed E-state index contributed by atoms with van der Waals surface area (Å²) in [5.74, 6) is -6.19. The molecule has 1 aliphatic carbocycles. The predicted molar refractivity (Wildman–Crippen MR) is 76.3 cm³/mol. The molecule has 9 heteroatoms. The van der Waals surface area contributed by atoms with Gasteiger partial charge in [-0.3, -0.25) is 9.36 Å². The number of aromatic carboxylic acids is 1. The van der Waals surface area contributed by atoms with Crippen molar-refractivity contribution in [1.29, 1.82) is 0 Å². The molecule has 1 unspecified atom stereocenters. The predicted octanol–water partition coefficient (Wildman–Crippen LogP) is 1.49. The van der Waals surface area contributed by atoms with Crippen LogP contribution < -0.4 is 11.2 Å². The lowest BCUT2D eigenvalue weighted by Crippen LogP contribution is -2.41. The number of carbonyl (C=O) groups is 1. The van der Waals surface area contributed by atoms with Crippen molar-refractivity contribution >= 4 is 5.97 Å². The summed E-state index contributed by atoms with van der Waals surface area (Å²) >= 11 is 0. The van der Waals surface area contributed by atoms with Crippen molar-refractivity contribution < 1.29 is 23.1 Å². The van der Waals surface area contributed by atoms with E-state index in [0.717, 1.165) is 35.0 Å². The molecule has 1 fully saturated rings. The average Bonchev–Trinajstić information content (AvgIpc) is 3.10. The molecule has 1 aromatic heterocycles. The number of halogens is 3. The molecule has 126 valence electrons. The van der Waals surface area contributed by atoms with Crippen LogP contribution in [0.2, 0.25) is 0 Å². The summed E-state index contributed by atoms with van der Waals surface area (Å²) in [6.07, 6.45) is 0.360. The third-order valence-corrected chi connectivity index (χ3v) is 3.84. The van der Waals surface area contributed by atoms with Crippen LogP contribution in [0.25, 0.3) is 5.69 Å². The van der Waals surface area contributed by atoms with Crippen molar-refractivity contribution in [2.45, 2.75) is 18.9 Å². The van der Waals surface area contributed by atoms with Gasteiger partial charge in [0, 0.05) is 25.1 Å². The minimum atomic E-state index is -2.90. The lowest BCUT2D eigenvalue weighted by atomic mass is 10.2. The minimum absolute atomic E-state index is 0.0502. The lowest BCUT2D eigenvalue weighted by Gasteiger charge is -2.11. The Labute approximate surface area is 132 Å². The first-order chi connectivity index (χ1) is 11.2. The van der Waals surface area contributed by atoms with Crippen LogP contribution in [0.5, 0.6) is 0 Å². The molecule has 0 radical (unpaired) electrons. The average molecular weight is 340 g/mol. The van der Waals surface area contributed by atoms with E-state index in [9.17, 15) is 27.6 Å². The molecule has 3 rings (SSSR count). The second kappa shape index (κ2) is 5.36. The SMILES string of the molecule is O=C(O)c1cn(CC2CC2(F)F)c(=O)n(-c2ccc(F)cc2)c1=O. The molecule has 24 heavy (non-hydrogen) atoms. The van der Waals surface area contributed by atoms with Crippen LogP contribution >= 0.6 is 0 Å². The summed E-state index contributed by atoms with van der Waals surface area (Å²) in [6, 6.07) is 4.24. The smallest absolute Gasteiger partial charge is 0.342 e. The summed E-state index contributed by atoms with van der Waals surface area (Å²) in [5.41, 5.74) is -2.86. The van der Waals surface area contributed by atoms with Crippen molar-refractivity contribution in [3.63, 3.8) is 0 Å². The van der Waals surface area contributed by atoms with E-state index >= 15 is 0 Å². The maximum absolute atomic E-state index is 13.1. The Hall–Kier alpha value is -2.84. The van der Waals surface area contributed by atoms with Crippen LogP contribution in [0.15, 0.2) is 40.1 Å². The highest BCUT2D eigenvalue weighted by atomic mass is 19.3. The highest BCUT2D eigenvalue weighted by Gasteiger charge is 2.56. The molecular formula is C15H11F3N2O4. The number of benzene rings is 1. The number of hydrogen-bond donors (Lipinski definition) is 1. The Morgan fingerprint density at radius 1 is 1.25 bits per heavy atom. The number of carboxylic acid groups (broad SMARTS) is 1. The monoisotopic (exact) mass is 340 g/mol. The maximum Gasteiger partial charge on any atom is 0.342 e. The van der Waals surface area contributed by atoms with Gasteiger partial charge in [-0.25, -0.2) is 27.3 Å². The summed E-state index contributed by atoms with van der Waals surface area (Å²) < 4.78 is 40.5. The van der Waals surface area contributed by atoms with E-state index in [4.69, 9.17) is 5.11 Å². The Morgan fingerprint density at radius 2 is 1.83 bits per heavy atom. The van der Waals surface area contributed by atoms with E-state index in [-0.39, 0.29) is 5.69 Å². The minimum Gasteiger partial charge on any atom is -0.477 e. The Morgan fingerprint density at radius 3 is 2.33 bits per heavy atom. The molecule has 1 aromatic carbocycles. The third kappa shape index (κ3) is 2.72. The summed E-state index contributed by atoms with van der Waals surface area (Å²) in [4.78, 5) is 35.9. The molecule has 1 N–H and O–H groups in total. The molecule has 1 atom stereocenters. The molecule has 1 aliphatic rings. The molecule has 0 aliphatic heterocycles. The van der Waals surface area contributed by atoms with E-state index in [2.05, 4.69) is 0 Å². The zero-order chi connectivity index (χ0) is 17.6. The van der Waals surface area contributed by atoms with Gasteiger partial charge in [-0.1, -0.05) is 0 Å². The van der Waals surface area contributed by atoms with Crippen LogP contribution in [0.3, 0.4) is 0 Å². The number of hydrogen-bond acceptors (Lipinski definition) is 3. The zero-order valence-electron chi connectivity index (χ0n) is 12.1. The van der Waals surface area contributed by atoms with Gasteiger partial charge in [-0.05, 0) is 24.3 Å². The highest BCUT2D eigenvalue weighted by Crippen LogP contribution is 2.49. The van der Waals surface area contributed by atoms with Gasteiger partial charge in [0.2, 0.25) is 0 Å². The number of carboxylic acids is 1. The van der Waals surface area contributed by atoms with E-state index in [1.807, 2.05) is 0 Å². The number of nitrogens with zero attached hydrogens (tertiary/aromatic N) is 2. The normalized spacial score (nSPS) is 18.4. The van der Waals surface area contributed by atoms with Gasteiger partial charge in [0.05, 0.1) is 5.69 Å². The largest absolute Gasteiger partial charge is 0.477 e. The highest BCUT2D eigenvalue weighted by molar-refractivity contribution is 5.86. The Kier molecular flexibility index (Phi) is 3.58. The molecule has 2 aromatic rings. The maximum atomic E-state index is 13.1. The van der Waals surface area contributed by atoms with Crippen LogP contribution in [-0.2, 0) is 6.54 Å². The van der Waals surface area contributed by atoms with Crippen molar-refractivity contribution in [3.05, 3.63) is 62.7 Å². The van der Waals surface area contributed by atoms with Gasteiger partial charge in [0.1, 0.15) is 11.4 Å². The standard InChI is InChI=1S/C15H11F3N2O4/c16-9-1-3-10(4-2-9)20-12(21)11(13(22)23)7-19(14(20)24)6-8-5-15(8,17)18/h1-4,7-8H,5-6H2,(H,22,23). The van der Waals surface area contributed by atoms with Gasteiger partial charge in [-0.15, -0.1) is 0 Å². The van der Waals surface area contributed by atoms with Crippen LogP contribution in [0.4, 0.5) is 13.2 Å². The molecule has 0 amide bonds. The van der Waals surface area contributed by atoms with Crippen molar-refractivity contribution in [1.82, 2.24) is 9.13 Å². The van der Waals surface area contributed by atoms with Gasteiger partial charge >= 0.3 is 11.7 Å². The first-order valence-corrected chi connectivity index (χ1v) is 6.94. The van der Waals surface area contributed by atoms with Crippen LogP contribution in [-0.4, -0.2) is 26.1 Å².